The number of amides is 2. The number of nitrogens with one attached hydrogen (secondary N) is 1. The third-order valence-corrected chi connectivity index (χ3v) is 3.11. The minimum absolute atomic E-state index is 0. The fourth-order valence-electron chi connectivity index (χ4n) is 1.99. The fraction of sp³-hybridized carbons (Fsp3) is 0.462. The number of carbonyl (C=O) groups excluding carboxylic acids is 1. The van der Waals surface area contributed by atoms with E-state index in [1.807, 2.05) is 35.2 Å². The van der Waals surface area contributed by atoms with Gasteiger partial charge in [0.2, 0.25) is 0 Å². The zero-order valence-electron chi connectivity index (χ0n) is 10.3. The van der Waals surface area contributed by atoms with E-state index in [2.05, 4.69) is 5.32 Å². The van der Waals surface area contributed by atoms with Gasteiger partial charge in [-0.1, -0.05) is 30.3 Å². The molecule has 0 atom stereocenters. The van der Waals surface area contributed by atoms with Crippen LogP contribution >= 0.6 is 12.4 Å². The van der Waals surface area contributed by atoms with Crippen LogP contribution in [0.5, 0.6) is 0 Å². The van der Waals surface area contributed by atoms with Crippen LogP contribution < -0.4 is 11.1 Å². The molecule has 1 aromatic carbocycles. The van der Waals surface area contributed by atoms with Crippen LogP contribution in [0.3, 0.4) is 0 Å². The monoisotopic (exact) mass is 269 g/mol. The van der Waals surface area contributed by atoms with Gasteiger partial charge in [-0.2, -0.15) is 0 Å². The fourth-order valence-corrected chi connectivity index (χ4v) is 1.99. The topological polar surface area (TPSA) is 58.4 Å². The Morgan fingerprint density at radius 2 is 1.89 bits per heavy atom. The molecule has 1 aliphatic rings. The summed E-state index contributed by atoms with van der Waals surface area (Å²) in [6, 6.07) is 10.2. The van der Waals surface area contributed by atoms with Gasteiger partial charge in [0.1, 0.15) is 0 Å². The van der Waals surface area contributed by atoms with Crippen molar-refractivity contribution in [3.05, 3.63) is 35.9 Å². The van der Waals surface area contributed by atoms with Crippen molar-refractivity contribution < 1.29 is 4.79 Å². The summed E-state index contributed by atoms with van der Waals surface area (Å²) in [7, 11) is 0. The molecular formula is C13H20ClN3O. The SMILES string of the molecule is Cl.NC1CCN(C(=O)NCc2ccccc2)CC1. The molecular weight excluding hydrogens is 250 g/mol. The standard InChI is InChI=1S/C13H19N3O.ClH/c14-12-6-8-16(9-7-12)13(17)15-10-11-4-2-1-3-5-11;/h1-5,12H,6-10,14H2,(H,15,17);1H. The first-order valence-corrected chi connectivity index (χ1v) is 6.08. The number of rotatable bonds is 2. The number of benzene rings is 1. The van der Waals surface area contributed by atoms with Crippen LogP contribution in [0, 0.1) is 0 Å². The summed E-state index contributed by atoms with van der Waals surface area (Å²) < 4.78 is 0. The number of halogens is 1. The summed E-state index contributed by atoms with van der Waals surface area (Å²) >= 11 is 0. The van der Waals surface area contributed by atoms with Crippen molar-refractivity contribution in [3.8, 4) is 0 Å². The Kier molecular flexibility index (Phi) is 5.95. The molecule has 1 saturated heterocycles. The highest BCUT2D eigenvalue weighted by atomic mass is 35.5. The number of nitrogens with zero attached hydrogens (tertiary/aromatic N) is 1. The van der Waals surface area contributed by atoms with E-state index in [-0.39, 0.29) is 24.5 Å². The van der Waals surface area contributed by atoms with E-state index >= 15 is 0 Å². The second-order valence-electron chi connectivity index (χ2n) is 4.47. The van der Waals surface area contributed by atoms with E-state index in [1.165, 1.54) is 0 Å². The molecule has 0 unspecified atom stereocenters. The average Bonchev–Trinajstić information content (AvgIpc) is 2.38. The smallest absolute Gasteiger partial charge is 0.317 e. The molecule has 1 aromatic rings. The molecule has 0 saturated carbocycles. The normalized spacial score (nSPS) is 15.9. The minimum Gasteiger partial charge on any atom is -0.334 e. The van der Waals surface area contributed by atoms with E-state index in [0.29, 0.717) is 6.54 Å². The van der Waals surface area contributed by atoms with Gasteiger partial charge >= 0.3 is 6.03 Å². The first-order valence-electron chi connectivity index (χ1n) is 6.08. The molecule has 1 fully saturated rings. The largest absolute Gasteiger partial charge is 0.334 e. The van der Waals surface area contributed by atoms with Crippen molar-refractivity contribution in [2.24, 2.45) is 5.73 Å². The zero-order chi connectivity index (χ0) is 12.1. The van der Waals surface area contributed by atoms with E-state index in [0.717, 1.165) is 31.5 Å². The molecule has 0 bridgehead atoms. The van der Waals surface area contributed by atoms with Gasteiger partial charge in [0, 0.05) is 25.7 Å². The zero-order valence-corrected chi connectivity index (χ0v) is 11.2. The molecule has 1 heterocycles. The number of piperidine rings is 1. The number of urea groups is 1. The number of hydrogen-bond acceptors (Lipinski definition) is 2. The van der Waals surface area contributed by atoms with Crippen LogP contribution in [0.2, 0.25) is 0 Å². The first kappa shape index (κ1) is 14.8. The van der Waals surface area contributed by atoms with E-state index < -0.39 is 0 Å². The molecule has 18 heavy (non-hydrogen) atoms. The maximum absolute atomic E-state index is 11.9. The molecule has 5 heteroatoms. The Labute approximate surface area is 114 Å². The lowest BCUT2D eigenvalue weighted by Crippen LogP contribution is -2.46. The lowest BCUT2D eigenvalue weighted by atomic mass is 10.1. The Morgan fingerprint density at radius 1 is 1.28 bits per heavy atom. The summed E-state index contributed by atoms with van der Waals surface area (Å²) in [5.41, 5.74) is 6.92. The number of likely N-dealkylation sites (tertiary alicyclic amines) is 1. The third kappa shape index (κ3) is 4.20. The molecule has 0 radical (unpaired) electrons. The predicted octanol–water partition coefficient (Wildman–Crippen LogP) is 1.74. The minimum atomic E-state index is 0. The Hall–Kier alpha value is -1.26. The number of nitrogens with two attached hydrogens (primary N) is 1. The Balaban J connectivity index is 0.00000162. The average molecular weight is 270 g/mol. The third-order valence-electron chi connectivity index (χ3n) is 3.11. The summed E-state index contributed by atoms with van der Waals surface area (Å²) in [6.07, 6.45) is 1.80. The Bertz CT molecular complexity index is 364. The van der Waals surface area contributed by atoms with Gasteiger partial charge in [0.05, 0.1) is 0 Å². The molecule has 3 N–H and O–H groups in total. The quantitative estimate of drug-likeness (QED) is 0.859. The Morgan fingerprint density at radius 3 is 2.50 bits per heavy atom. The van der Waals surface area contributed by atoms with Crippen LogP contribution in [-0.4, -0.2) is 30.1 Å². The molecule has 4 nitrogen and oxygen atoms in total. The predicted molar refractivity (Wildman–Crippen MR) is 74.7 cm³/mol. The van der Waals surface area contributed by atoms with Crippen LogP contribution in [0.1, 0.15) is 18.4 Å². The molecule has 0 aliphatic carbocycles. The summed E-state index contributed by atoms with van der Waals surface area (Å²) in [4.78, 5) is 13.7. The van der Waals surface area contributed by atoms with Crippen LogP contribution in [0.15, 0.2) is 30.3 Å². The molecule has 0 aromatic heterocycles. The van der Waals surface area contributed by atoms with Crippen molar-refractivity contribution in [2.75, 3.05) is 13.1 Å². The van der Waals surface area contributed by atoms with Gasteiger partial charge in [0.15, 0.2) is 0 Å². The highest BCUT2D eigenvalue weighted by molar-refractivity contribution is 5.85. The highest BCUT2D eigenvalue weighted by Crippen LogP contribution is 2.08. The van der Waals surface area contributed by atoms with Crippen molar-refractivity contribution in [3.63, 3.8) is 0 Å². The van der Waals surface area contributed by atoms with Gasteiger partial charge in [-0.05, 0) is 18.4 Å². The van der Waals surface area contributed by atoms with Crippen LogP contribution in [-0.2, 0) is 6.54 Å². The molecule has 2 amide bonds. The highest BCUT2D eigenvalue weighted by Gasteiger charge is 2.19. The van der Waals surface area contributed by atoms with Gasteiger partial charge in [0.25, 0.3) is 0 Å². The summed E-state index contributed by atoms with van der Waals surface area (Å²) in [5, 5.41) is 2.93. The molecule has 1 aliphatic heterocycles. The van der Waals surface area contributed by atoms with Crippen molar-refractivity contribution >= 4 is 18.4 Å². The van der Waals surface area contributed by atoms with Gasteiger partial charge < -0.3 is 16.0 Å². The van der Waals surface area contributed by atoms with Crippen molar-refractivity contribution in [1.82, 2.24) is 10.2 Å². The molecule has 2 rings (SSSR count). The number of hydrogen-bond donors (Lipinski definition) is 2. The molecule has 0 spiro atoms. The maximum Gasteiger partial charge on any atom is 0.317 e. The van der Waals surface area contributed by atoms with Crippen molar-refractivity contribution in [1.29, 1.82) is 0 Å². The van der Waals surface area contributed by atoms with Crippen LogP contribution in [0.4, 0.5) is 4.79 Å². The summed E-state index contributed by atoms with van der Waals surface area (Å²) in [6.45, 7) is 2.12. The summed E-state index contributed by atoms with van der Waals surface area (Å²) in [5.74, 6) is 0. The van der Waals surface area contributed by atoms with Gasteiger partial charge in [-0.15, -0.1) is 12.4 Å². The van der Waals surface area contributed by atoms with E-state index in [1.54, 1.807) is 0 Å². The van der Waals surface area contributed by atoms with Crippen LogP contribution in [0.25, 0.3) is 0 Å². The second kappa shape index (κ2) is 7.24. The molecule has 100 valence electrons. The van der Waals surface area contributed by atoms with Gasteiger partial charge in [-0.3, -0.25) is 0 Å². The lowest BCUT2D eigenvalue weighted by Gasteiger charge is -2.30. The number of carbonyl (C=O) groups is 1. The van der Waals surface area contributed by atoms with Gasteiger partial charge in [-0.25, -0.2) is 4.79 Å². The lowest BCUT2D eigenvalue weighted by molar-refractivity contribution is 0.181. The second-order valence-corrected chi connectivity index (χ2v) is 4.47. The van der Waals surface area contributed by atoms with E-state index in [9.17, 15) is 4.79 Å². The van der Waals surface area contributed by atoms with Crippen molar-refractivity contribution in [2.45, 2.75) is 25.4 Å². The first-order chi connectivity index (χ1) is 8.25. The maximum atomic E-state index is 11.9. The van der Waals surface area contributed by atoms with E-state index in [4.69, 9.17) is 5.73 Å².